The summed E-state index contributed by atoms with van der Waals surface area (Å²) in [5.74, 6) is 0.949. The average Bonchev–Trinajstić information content (AvgIpc) is 2.74. The molecule has 1 aromatic rings. The highest BCUT2D eigenvalue weighted by molar-refractivity contribution is 5.75. The van der Waals surface area contributed by atoms with Gasteiger partial charge in [-0.25, -0.2) is 9.67 Å². The summed E-state index contributed by atoms with van der Waals surface area (Å²) < 4.78 is 1.41. The number of hydrogen-bond acceptors (Lipinski definition) is 4. The third-order valence-electron chi connectivity index (χ3n) is 2.46. The second-order valence-corrected chi connectivity index (χ2v) is 5.46. The monoisotopic (exact) mass is 263 g/mol. The Hall–Kier alpha value is -1.90. The number of nitriles is 1. The maximum absolute atomic E-state index is 12.2. The molecule has 1 rings (SSSR count). The lowest BCUT2D eigenvalue weighted by Crippen LogP contribution is -2.39. The second-order valence-electron chi connectivity index (χ2n) is 5.46. The van der Waals surface area contributed by atoms with Crippen LogP contribution in [0.3, 0.4) is 0 Å². The normalized spacial score (nSPS) is 10.8. The van der Waals surface area contributed by atoms with E-state index in [1.54, 1.807) is 0 Å². The highest BCUT2D eigenvalue weighted by Crippen LogP contribution is 2.05. The Bertz CT molecular complexity index is 448. The van der Waals surface area contributed by atoms with E-state index < -0.39 is 0 Å². The largest absolute Gasteiger partial charge is 0.341 e. The van der Waals surface area contributed by atoms with Crippen LogP contribution < -0.4 is 0 Å². The predicted octanol–water partition coefficient (Wildman–Crippen LogP) is 1.29. The van der Waals surface area contributed by atoms with Gasteiger partial charge >= 0.3 is 0 Å². The molecule has 1 heterocycles. The van der Waals surface area contributed by atoms with Crippen molar-refractivity contribution < 1.29 is 4.79 Å². The van der Waals surface area contributed by atoms with Crippen molar-refractivity contribution in [2.45, 2.75) is 34.2 Å². The van der Waals surface area contributed by atoms with Crippen LogP contribution in [0.1, 0.15) is 33.5 Å². The van der Waals surface area contributed by atoms with Crippen molar-refractivity contribution in [1.29, 1.82) is 5.26 Å². The first kappa shape index (κ1) is 15.2. The zero-order chi connectivity index (χ0) is 14.4. The van der Waals surface area contributed by atoms with Crippen LogP contribution in [0.15, 0.2) is 6.33 Å². The van der Waals surface area contributed by atoms with E-state index in [9.17, 15) is 4.79 Å². The van der Waals surface area contributed by atoms with Gasteiger partial charge in [0.15, 0.2) is 0 Å². The highest BCUT2D eigenvalue weighted by Gasteiger charge is 2.17. The molecule has 1 aromatic heterocycles. The molecule has 0 saturated heterocycles. The van der Waals surface area contributed by atoms with Crippen LogP contribution in [-0.4, -0.2) is 38.7 Å². The molecule has 0 unspecified atom stereocenters. The Balaban J connectivity index is 2.68. The molecule has 0 spiro atoms. The summed E-state index contributed by atoms with van der Waals surface area (Å²) in [5.41, 5.74) is 0. The molecule has 19 heavy (non-hydrogen) atoms. The van der Waals surface area contributed by atoms with Crippen molar-refractivity contribution in [2.75, 3.05) is 13.1 Å². The molecule has 0 fully saturated rings. The molecule has 6 nitrogen and oxygen atoms in total. The van der Waals surface area contributed by atoms with Crippen molar-refractivity contribution in [1.82, 2.24) is 19.7 Å². The van der Waals surface area contributed by atoms with Gasteiger partial charge in [0.2, 0.25) is 5.91 Å². The number of carbonyl (C=O) groups is 1. The van der Waals surface area contributed by atoms with Crippen LogP contribution in [-0.2, 0) is 11.3 Å². The van der Waals surface area contributed by atoms with Gasteiger partial charge in [0.25, 0.3) is 5.82 Å². The van der Waals surface area contributed by atoms with Crippen molar-refractivity contribution in [3.05, 3.63) is 12.2 Å². The van der Waals surface area contributed by atoms with Gasteiger partial charge in [-0.15, -0.1) is 5.10 Å². The van der Waals surface area contributed by atoms with E-state index in [1.807, 2.05) is 11.0 Å². The van der Waals surface area contributed by atoms with Crippen LogP contribution in [0, 0.1) is 23.2 Å². The summed E-state index contributed by atoms with van der Waals surface area (Å²) in [5, 5.41) is 12.6. The van der Waals surface area contributed by atoms with E-state index in [0.29, 0.717) is 11.8 Å². The first-order valence-corrected chi connectivity index (χ1v) is 6.49. The Morgan fingerprint density at radius 2 is 1.95 bits per heavy atom. The second kappa shape index (κ2) is 6.88. The van der Waals surface area contributed by atoms with Gasteiger partial charge in [-0.3, -0.25) is 4.79 Å². The summed E-state index contributed by atoms with van der Waals surface area (Å²) in [7, 11) is 0. The first-order chi connectivity index (χ1) is 8.92. The van der Waals surface area contributed by atoms with E-state index >= 15 is 0 Å². The number of hydrogen-bond donors (Lipinski definition) is 0. The zero-order valence-electron chi connectivity index (χ0n) is 12.0. The topological polar surface area (TPSA) is 74.8 Å². The maximum atomic E-state index is 12.2. The zero-order valence-corrected chi connectivity index (χ0v) is 12.0. The van der Waals surface area contributed by atoms with Crippen molar-refractivity contribution in [3.63, 3.8) is 0 Å². The third kappa shape index (κ3) is 5.08. The van der Waals surface area contributed by atoms with Crippen molar-refractivity contribution >= 4 is 5.91 Å². The molecule has 0 aliphatic rings. The predicted molar refractivity (Wildman–Crippen MR) is 71.0 cm³/mol. The maximum Gasteiger partial charge on any atom is 0.252 e. The summed E-state index contributed by atoms with van der Waals surface area (Å²) in [6.45, 7) is 9.95. The molecule has 0 saturated carbocycles. The van der Waals surface area contributed by atoms with Crippen molar-refractivity contribution in [3.8, 4) is 6.07 Å². The van der Waals surface area contributed by atoms with Gasteiger partial charge in [0, 0.05) is 13.1 Å². The number of amides is 1. The fraction of sp³-hybridized carbons (Fsp3) is 0.692. The van der Waals surface area contributed by atoms with Gasteiger partial charge in [0.1, 0.15) is 18.9 Å². The van der Waals surface area contributed by atoms with E-state index in [2.05, 4.69) is 37.8 Å². The first-order valence-electron chi connectivity index (χ1n) is 6.49. The summed E-state index contributed by atoms with van der Waals surface area (Å²) in [6.07, 6.45) is 1.42. The van der Waals surface area contributed by atoms with Crippen LogP contribution in [0.2, 0.25) is 0 Å². The summed E-state index contributed by atoms with van der Waals surface area (Å²) in [6, 6.07) is 1.85. The molecule has 104 valence electrons. The minimum absolute atomic E-state index is 0.0109. The third-order valence-corrected chi connectivity index (χ3v) is 2.46. The van der Waals surface area contributed by atoms with Crippen molar-refractivity contribution in [2.24, 2.45) is 11.8 Å². The molecule has 0 bridgehead atoms. The number of rotatable bonds is 6. The molecular formula is C13H21N5O. The average molecular weight is 263 g/mol. The Morgan fingerprint density at radius 3 is 2.37 bits per heavy atom. The van der Waals surface area contributed by atoms with Crippen LogP contribution in [0.5, 0.6) is 0 Å². The van der Waals surface area contributed by atoms with Gasteiger partial charge in [-0.05, 0) is 11.8 Å². The standard InChI is InChI=1S/C13H21N5O/c1-10(2)6-17(7-11(3)4)13(19)8-18-9-15-12(5-14)16-18/h9-11H,6-8H2,1-4H3. The fourth-order valence-electron chi connectivity index (χ4n) is 1.82. The van der Waals surface area contributed by atoms with Gasteiger partial charge in [-0.1, -0.05) is 27.7 Å². The molecule has 0 aliphatic heterocycles. The Labute approximate surface area is 114 Å². The SMILES string of the molecule is CC(C)CN(CC(C)C)C(=O)Cn1cnc(C#N)n1. The smallest absolute Gasteiger partial charge is 0.252 e. The minimum Gasteiger partial charge on any atom is -0.341 e. The molecule has 0 N–H and O–H groups in total. The molecule has 6 heteroatoms. The van der Waals surface area contributed by atoms with Crippen LogP contribution in [0.4, 0.5) is 0 Å². The van der Waals surface area contributed by atoms with E-state index in [1.165, 1.54) is 11.0 Å². The van der Waals surface area contributed by atoms with E-state index in [-0.39, 0.29) is 18.3 Å². The Kier molecular flexibility index (Phi) is 5.49. The quantitative estimate of drug-likeness (QED) is 0.775. The molecule has 0 aliphatic carbocycles. The van der Waals surface area contributed by atoms with E-state index in [0.717, 1.165) is 13.1 Å². The number of carbonyl (C=O) groups excluding carboxylic acids is 1. The molecule has 0 atom stereocenters. The van der Waals surface area contributed by atoms with Gasteiger partial charge in [-0.2, -0.15) is 5.26 Å². The molecular weight excluding hydrogens is 242 g/mol. The number of aromatic nitrogens is 3. The molecule has 1 amide bonds. The summed E-state index contributed by atoms with van der Waals surface area (Å²) in [4.78, 5) is 17.9. The van der Waals surface area contributed by atoms with Crippen LogP contribution in [0.25, 0.3) is 0 Å². The lowest BCUT2D eigenvalue weighted by atomic mass is 10.1. The fourth-order valence-corrected chi connectivity index (χ4v) is 1.82. The Morgan fingerprint density at radius 1 is 1.37 bits per heavy atom. The lowest BCUT2D eigenvalue weighted by Gasteiger charge is -2.26. The van der Waals surface area contributed by atoms with Crippen LogP contribution >= 0.6 is 0 Å². The number of nitrogens with zero attached hydrogens (tertiary/aromatic N) is 5. The van der Waals surface area contributed by atoms with E-state index in [4.69, 9.17) is 5.26 Å². The molecule has 0 radical (unpaired) electrons. The minimum atomic E-state index is 0.0109. The van der Waals surface area contributed by atoms with Gasteiger partial charge < -0.3 is 4.90 Å². The highest BCUT2D eigenvalue weighted by atomic mass is 16.2. The lowest BCUT2D eigenvalue weighted by molar-refractivity contribution is -0.133. The van der Waals surface area contributed by atoms with Gasteiger partial charge in [0.05, 0.1) is 0 Å². The summed E-state index contributed by atoms with van der Waals surface area (Å²) >= 11 is 0. The molecule has 0 aromatic carbocycles.